The number of hydrogen-bond acceptors (Lipinski definition) is 7. The van der Waals surface area contributed by atoms with Gasteiger partial charge in [-0.3, -0.25) is 14.3 Å². The number of alkyl halides is 3. The third-order valence-electron chi connectivity index (χ3n) is 5.04. The largest absolute Gasteiger partial charge is 0.437 e. The van der Waals surface area contributed by atoms with Gasteiger partial charge in [-0.05, 0) is 19.1 Å². The van der Waals surface area contributed by atoms with E-state index < -0.39 is 40.9 Å². The molecular formula is C21H12ClF4N7O3. The molecule has 2 amide bonds. The van der Waals surface area contributed by atoms with E-state index in [1.54, 1.807) is 6.07 Å². The van der Waals surface area contributed by atoms with E-state index in [0.717, 1.165) is 22.9 Å². The number of fused-ring (bicyclic) bond motifs is 1. The molecule has 0 aliphatic rings. The molecular weight excluding hydrogens is 510 g/mol. The summed E-state index contributed by atoms with van der Waals surface area (Å²) in [6.45, 7) is 0.948. The fourth-order valence-corrected chi connectivity index (χ4v) is 3.52. The van der Waals surface area contributed by atoms with Crippen LogP contribution in [-0.4, -0.2) is 31.7 Å². The minimum Gasteiger partial charge on any atom is -0.364 e. The maximum atomic E-state index is 13.9. The first-order valence-corrected chi connectivity index (χ1v) is 10.2. The Balaban J connectivity index is 1.80. The van der Waals surface area contributed by atoms with Crippen molar-refractivity contribution in [3.05, 3.63) is 69.2 Å². The molecule has 0 atom stereocenters. The molecule has 1 aromatic carbocycles. The average molecular weight is 522 g/mol. The van der Waals surface area contributed by atoms with E-state index in [1.807, 2.05) is 0 Å². The number of primary amides is 1. The van der Waals surface area contributed by atoms with Crippen LogP contribution in [0.25, 0.3) is 10.9 Å². The summed E-state index contributed by atoms with van der Waals surface area (Å²) in [4.78, 5) is 28.7. The van der Waals surface area contributed by atoms with Crippen LogP contribution in [0.1, 0.15) is 43.7 Å². The Morgan fingerprint density at radius 2 is 2.00 bits per heavy atom. The molecule has 0 aliphatic carbocycles. The highest BCUT2D eigenvalue weighted by atomic mass is 35.5. The second-order valence-corrected chi connectivity index (χ2v) is 7.82. The Hall–Kier alpha value is -4.51. The second kappa shape index (κ2) is 8.93. The SMILES string of the molecule is Cc1c(NC(=O)c2cc(C(N)=O)nc3cc(F)c(Cl)cc23)c(C(F)(F)F)nn1Cc1cc(C#N)no1. The van der Waals surface area contributed by atoms with Crippen LogP contribution in [0.15, 0.2) is 28.8 Å². The molecule has 0 aliphatic heterocycles. The average Bonchev–Trinajstić information content (AvgIpc) is 3.38. The summed E-state index contributed by atoms with van der Waals surface area (Å²) >= 11 is 5.81. The second-order valence-electron chi connectivity index (χ2n) is 7.41. The number of carbonyl (C=O) groups is 2. The lowest BCUT2D eigenvalue weighted by Crippen LogP contribution is -2.19. The van der Waals surface area contributed by atoms with Crippen molar-refractivity contribution in [2.45, 2.75) is 19.6 Å². The number of nitrogens with one attached hydrogen (secondary N) is 1. The zero-order chi connectivity index (χ0) is 26.4. The highest BCUT2D eigenvalue weighted by molar-refractivity contribution is 6.31. The van der Waals surface area contributed by atoms with E-state index >= 15 is 0 Å². The van der Waals surface area contributed by atoms with Crippen LogP contribution in [0.4, 0.5) is 23.2 Å². The molecule has 184 valence electrons. The Morgan fingerprint density at radius 3 is 2.61 bits per heavy atom. The summed E-state index contributed by atoms with van der Waals surface area (Å²) in [6, 6.07) is 5.82. The van der Waals surface area contributed by atoms with Gasteiger partial charge in [0.05, 0.1) is 27.5 Å². The van der Waals surface area contributed by atoms with Crippen molar-refractivity contribution in [3.63, 3.8) is 0 Å². The van der Waals surface area contributed by atoms with Gasteiger partial charge >= 0.3 is 6.18 Å². The molecule has 0 unspecified atom stereocenters. The third-order valence-corrected chi connectivity index (χ3v) is 5.33. The number of amides is 2. The summed E-state index contributed by atoms with van der Waals surface area (Å²) in [7, 11) is 0. The lowest BCUT2D eigenvalue weighted by Gasteiger charge is -2.12. The number of halogens is 5. The van der Waals surface area contributed by atoms with Gasteiger partial charge in [-0.1, -0.05) is 16.8 Å². The van der Waals surface area contributed by atoms with Gasteiger partial charge in [0.15, 0.2) is 17.1 Å². The molecule has 0 fully saturated rings. The predicted octanol–water partition coefficient (Wildman–Crippen LogP) is 3.81. The van der Waals surface area contributed by atoms with Gasteiger partial charge in [0, 0.05) is 17.5 Å². The van der Waals surface area contributed by atoms with E-state index in [0.29, 0.717) is 0 Å². The summed E-state index contributed by atoms with van der Waals surface area (Å²) in [6.07, 6.45) is -4.97. The highest BCUT2D eigenvalue weighted by Crippen LogP contribution is 2.37. The number of anilines is 1. The van der Waals surface area contributed by atoms with E-state index in [1.165, 1.54) is 13.0 Å². The van der Waals surface area contributed by atoms with Crippen LogP contribution < -0.4 is 11.1 Å². The highest BCUT2D eigenvalue weighted by Gasteiger charge is 2.39. The third kappa shape index (κ3) is 4.56. The van der Waals surface area contributed by atoms with E-state index in [4.69, 9.17) is 27.1 Å². The normalized spacial score (nSPS) is 11.5. The van der Waals surface area contributed by atoms with Gasteiger partial charge in [-0.2, -0.15) is 23.5 Å². The number of benzene rings is 1. The molecule has 0 saturated heterocycles. The maximum absolute atomic E-state index is 13.9. The monoisotopic (exact) mass is 521 g/mol. The van der Waals surface area contributed by atoms with Gasteiger partial charge in [0.25, 0.3) is 11.8 Å². The number of carbonyl (C=O) groups excluding carboxylic acids is 2. The molecule has 0 radical (unpaired) electrons. The van der Waals surface area contributed by atoms with Crippen LogP contribution in [0, 0.1) is 24.1 Å². The van der Waals surface area contributed by atoms with Crippen molar-refractivity contribution in [1.82, 2.24) is 19.9 Å². The smallest absolute Gasteiger partial charge is 0.364 e. The lowest BCUT2D eigenvalue weighted by atomic mass is 10.1. The molecule has 10 nitrogen and oxygen atoms in total. The number of nitriles is 1. The van der Waals surface area contributed by atoms with E-state index in [-0.39, 0.29) is 45.2 Å². The number of nitrogens with two attached hydrogens (primary N) is 1. The van der Waals surface area contributed by atoms with Crippen molar-refractivity contribution in [2.24, 2.45) is 5.73 Å². The summed E-state index contributed by atoms with van der Waals surface area (Å²) in [5, 5.41) is 17.6. The quantitative estimate of drug-likeness (QED) is 0.379. The molecule has 0 spiro atoms. The lowest BCUT2D eigenvalue weighted by molar-refractivity contribution is -0.140. The first-order valence-electron chi connectivity index (χ1n) is 9.80. The van der Waals surface area contributed by atoms with Gasteiger partial charge in [0.2, 0.25) is 0 Å². The zero-order valence-electron chi connectivity index (χ0n) is 17.9. The molecule has 3 aromatic heterocycles. The van der Waals surface area contributed by atoms with Gasteiger partial charge < -0.3 is 15.6 Å². The van der Waals surface area contributed by atoms with E-state index in [9.17, 15) is 27.2 Å². The van der Waals surface area contributed by atoms with E-state index in [2.05, 4.69) is 20.6 Å². The molecule has 36 heavy (non-hydrogen) atoms. The van der Waals surface area contributed by atoms with Crippen LogP contribution in [0.2, 0.25) is 5.02 Å². The maximum Gasteiger partial charge on any atom is 0.437 e. The van der Waals surface area contributed by atoms with Crippen molar-refractivity contribution in [1.29, 1.82) is 5.26 Å². The zero-order valence-corrected chi connectivity index (χ0v) is 18.7. The minimum atomic E-state index is -4.97. The fraction of sp³-hybridized carbons (Fsp3) is 0.143. The summed E-state index contributed by atoms with van der Waals surface area (Å²) in [5.41, 5.74) is 2.05. The van der Waals surface area contributed by atoms with Crippen molar-refractivity contribution < 1.29 is 31.7 Å². The Bertz CT molecular complexity index is 1590. The minimum absolute atomic E-state index is 0.0341. The number of nitrogens with zero attached hydrogens (tertiary/aromatic N) is 5. The molecule has 4 aromatic rings. The summed E-state index contributed by atoms with van der Waals surface area (Å²) in [5.74, 6) is -2.99. The van der Waals surface area contributed by atoms with Crippen LogP contribution in [-0.2, 0) is 12.7 Å². The number of rotatable bonds is 5. The molecule has 3 N–H and O–H groups in total. The Kier molecular flexibility index (Phi) is 6.10. The first kappa shape index (κ1) is 24.6. The molecule has 4 rings (SSSR count). The van der Waals surface area contributed by atoms with Gasteiger partial charge in [-0.25, -0.2) is 9.37 Å². The molecule has 3 heterocycles. The number of aromatic nitrogens is 4. The van der Waals surface area contributed by atoms with Crippen molar-refractivity contribution in [2.75, 3.05) is 5.32 Å². The van der Waals surface area contributed by atoms with Crippen LogP contribution >= 0.6 is 11.6 Å². The number of pyridine rings is 1. The summed E-state index contributed by atoms with van der Waals surface area (Å²) < 4.78 is 61.1. The number of hydrogen-bond donors (Lipinski definition) is 2. The van der Waals surface area contributed by atoms with Crippen LogP contribution in [0.5, 0.6) is 0 Å². The Labute approximate surface area is 203 Å². The Morgan fingerprint density at radius 1 is 1.28 bits per heavy atom. The van der Waals surface area contributed by atoms with Crippen molar-refractivity contribution in [3.8, 4) is 6.07 Å². The molecule has 15 heteroatoms. The molecule has 0 bridgehead atoms. The van der Waals surface area contributed by atoms with Crippen molar-refractivity contribution >= 4 is 40.0 Å². The van der Waals surface area contributed by atoms with Gasteiger partial charge in [-0.15, -0.1) is 0 Å². The first-order chi connectivity index (χ1) is 16.9. The fourth-order valence-electron chi connectivity index (χ4n) is 3.35. The predicted molar refractivity (Wildman–Crippen MR) is 115 cm³/mol. The van der Waals surface area contributed by atoms with Gasteiger partial charge in [0.1, 0.15) is 24.1 Å². The topological polar surface area (TPSA) is 153 Å². The standard InChI is InChI=1S/C21H12ClF4N7O3/c1-8-17(18(21(24,25)26)31-33(8)7-10-2-9(6-27)32-36-10)30-20(35)12-4-16(19(28)34)29-15-5-14(23)13(22)3-11(12)15/h2-5H,7H2,1H3,(H2,28,34)(H,30,35). The van der Waals surface area contributed by atoms with Crippen LogP contribution in [0.3, 0.4) is 0 Å². The molecule has 0 saturated carbocycles.